The largest absolute Gasteiger partial charge is 0.415 e. The summed E-state index contributed by atoms with van der Waals surface area (Å²) in [7, 11) is 0. The average Bonchev–Trinajstić information content (AvgIpc) is 3.15. The zero-order chi connectivity index (χ0) is 17.2. The second-order valence-electron chi connectivity index (χ2n) is 6.31. The number of benzene rings is 1. The van der Waals surface area contributed by atoms with E-state index in [1.54, 1.807) is 0 Å². The van der Waals surface area contributed by atoms with E-state index in [1.807, 2.05) is 31.2 Å². The van der Waals surface area contributed by atoms with Crippen molar-refractivity contribution in [1.82, 2.24) is 20.0 Å². The third-order valence-electron chi connectivity index (χ3n) is 4.50. The number of aryl methyl sites for hydroxylation is 1. The second kappa shape index (κ2) is 6.63. The maximum Gasteiger partial charge on any atom is 0.274 e. The van der Waals surface area contributed by atoms with Gasteiger partial charge in [0, 0.05) is 17.5 Å². The fraction of sp³-hybridized carbons (Fsp3) is 0.368. The highest BCUT2D eigenvalue weighted by Gasteiger charge is 2.19. The summed E-state index contributed by atoms with van der Waals surface area (Å²) in [5.41, 5.74) is 1.59. The Morgan fingerprint density at radius 3 is 2.68 bits per heavy atom. The molecule has 0 aliphatic heterocycles. The molecule has 1 aromatic carbocycles. The van der Waals surface area contributed by atoms with Crippen molar-refractivity contribution >= 4 is 16.3 Å². The summed E-state index contributed by atoms with van der Waals surface area (Å²) in [6.45, 7) is 2.58. The van der Waals surface area contributed by atoms with Crippen molar-refractivity contribution in [3.8, 4) is 11.6 Å². The lowest BCUT2D eigenvalue weighted by Gasteiger charge is -2.09. The number of aromatic nitrogens is 4. The Hall–Kier alpha value is -2.76. The first kappa shape index (κ1) is 15.7. The van der Waals surface area contributed by atoms with Crippen LogP contribution in [-0.2, 0) is 6.54 Å². The smallest absolute Gasteiger partial charge is 0.274 e. The van der Waals surface area contributed by atoms with Crippen LogP contribution in [0.4, 0.5) is 0 Å². The summed E-state index contributed by atoms with van der Waals surface area (Å²) in [5.74, 6) is 0.927. The summed E-state index contributed by atoms with van der Waals surface area (Å²) in [4.78, 5) is 12.6. The van der Waals surface area contributed by atoms with Gasteiger partial charge in [0.2, 0.25) is 5.89 Å². The van der Waals surface area contributed by atoms with Gasteiger partial charge in [-0.3, -0.25) is 4.79 Å². The number of rotatable bonds is 4. The molecule has 1 aliphatic carbocycles. The van der Waals surface area contributed by atoms with Crippen LogP contribution < -0.4 is 5.56 Å². The lowest BCUT2D eigenvalue weighted by Crippen LogP contribution is -2.23. The first-order chi connectivity index (χ1) is 12.3. The van der Waals surface area contributed by atoms with Crippen molar-refractivity contribution in [2.45, 2.75) is 45.6 Å². The lowest BCUT2D eigenvalue weighted by atomic mass is 10.00. The molecule has 0 saturated carbocycles. The maximum absolute atomic E-state index is 12.6. The normalized spacial score (nSPS) is 14.7. The predicted molar refractivity (Wildman–Crippen MR) is 96.0 cm³/mol. The Morgan fingerprint density at radius 1 is 1.12 bits per heavy atom. The first-order valence-electron chi connectivity index (χ1n) is 8.81. The molecule has 0 atom stereocenters. The molecule has 1 aliphatic rings. The molecule has 128 valence electrons. The number of nitrogens with zero attached hydrogens (tertiary/aromatic N) is 4. The molecule has 25 heavy (non-hydrogen) atoms. The molecule has 0 bridgehead atoms. The van der Waals surface area contributed by atoms with E-state index in [0.717, 1.165) is 36.6 Å². The van der Waals surface area contributed by atoms with E-state index in [1.165, 1.54) is 11.1 Å². The minimum absolute atomic E-state index is 0.0871. The third-order valence-corrected chi connectivity index (χ3v) is 4.50. The van der Waals surface area contributed by atoms with Gasteiger partial charge >= 0.3 is 0 Å². The molecular formula is C19H20N4O2. The Bertz CT molecular complexity index is 1000. The Balaban J connectivity index is 1.86. The summed E-state index contributed by atoms with van der Waals surface area (Å²) >= 11 is 0. The summed E-state index contributed by atoms with van der Waals surface area (Å²) in [5, 5.41) is 14.3. The van der Waals surface area contributed by atoms with Crippen molar-refractivity contribution in [1.29, 1.82) is 0 Å². The lowest BCUT2D eigenvalue weighted by molar-refractivity contribution is 0.532. The Labute approximate surface area is 145 Å². The van der Waals surface area contributed by atoms with E-state index in [4.69, 9.17) is 4.42 Å². The van der Waals surface area contributed by atoms with E-state index in [9.17, 15) is 4.79 Å². The Kier molecular flexibility index (Phi) is 4.17. The predicted octanol–water partition coefficient (Wildman–Crippen LogP) is 3.81. The van der Waals surface area contributed by atoms with Crippen LogP contribution in [0.3, 0.4) is 0 Å². The van der Waals surface area contributed by atoms with Crippen LogP contribution in [0.2, 0.25) is 0 Å². The molecule has 6 nitrogen and oxygen atoms in total. The molecule has 3 aromatic rings. The van der Waals surface area contributed by atoms with E-state index in [2.05, 4.69) is 21.4 Å². The molecule has 0 fully saturated rings. The van der Waals surface area contributed by atoms with Crippen LogP contribution in [0.25, 0.3) is 27.9 Å². The van der Waals surface area contributed by atoms with Crippen molar-refractivity contribution in [2.24, 2.45) is 0 Å². The highest BCUT2D eigenvalue weighted by molar-refractivity contribution is 5.91. The molecule has 2 heterocycles. The molecule has 0 unspecified atom stereocenters. The van der Waals surface area contributed by atoms with Gasteiger partial charge < -0.3 is 4.42 Å². The molecule has 2 aromatic heterocycles. The molecule has 0 radical (unpaired) electrons. The minimum Gasteiger partial charge on any atom is -0.415 e. The summed E-state index contributed by atoms with van der Waals surface area (Å²) < 4.78 is 7.41. The standard InChI is InChI=1S/C19H20N4O2/c1-2-12-23-19(24)15-11-7-6-10-14(15)16(22-23)18-21-20-17(25-18)13-8-4-3-5-9-13/h6-8,10-11H,2-5,9,12H2,1H3. The van der Waals surface area contributed by atoms with Crippen LogP contribution in [0.1, 0.15) is 44.9 Å². The van der Waals surface area contributed by atoms with Gasteiger partial charge in [-0.2, -0.15) is 5.10 Å². The average molecular weight is 336 g/mol. The van der Waals surface area contributed by atoms with Crippen LogP contribution in [0, 0.1) is 0 Å². The highest BCUT2D eigenvalue weighted by atomic mass is 16.4. The maximum atomic E-state index is 12.6. The van der Waals surface area contributed by atoms with Gasteiger partial charge in [-0.15, -0.1) is 10.2 Å². The van der Waals surface area contributed by atoms with Crippen molar-refractivity contribution < 1.29 is 4.42 Å². The van der Waals surface area contributed by atoms with Gasteiger partial charge in [0.1, 0.15) is 0 Å². The van der Waals surface area contributed by atoms with E-state index in [0.29, 0.717) is 29.4 Å². The molecule has 0 saturated heterocycles. The van der Waals surface area contributed by atoms with Crippen LogP contribution in [0.15, 0.2) is 39.6 Å². The van der Waals surface area contributed by atoms with Gasteiger partial charge in [-0.1, -0.05) is 31.2 Å². The first-order valence-corrected chi connectivity index (χ1v) is 8.81. The quantitative estimate of drug-likeness (QED) is 0.724. The van der Waals surface area contributed by atoms with Gasteiger partial charge in [0.25, 0.3) is 11.4 Å². The van der Waals surface area contributed by atoms with E-state index < -0.39 is 0 Å². The summed E-state index contributed by atoms with van der Waals surface area (Å²) in [6, 6.07) is 7.43. The van der Waals surface area contributed by atoms with Crippen molar-refractivity contribution in [2.75, 3.05) is 0 Å². The van der Waals surface area contributed by atoms with Gasteiger partial charge in [0.05, 0.1) is 5.39 Å². The number of fused-ring (bicyclic) bond motifs is 1. The van der Waals surface area contributed by atoms with Crippen molar-refractivity contribution in [3.05, 3.63) is 46.6 Å². The molecule has 0 spiro atoms. The summed E-state index contributed by atoms with van der Waals surface area (Å²) in [6.07, 6.45) is 7.36. The van der Waals surface area contributed by atoms with E-state index in [-0.39, 0.29) is 5.56 Å². The van der Waals surface area contributed by atoms with Crippen LogP contribution >= 0.6 is 0 Å². The molecule has 0 N–H and O–H groups in total. The van der Waals surface area contributed by atoms with Gasteiger partial charge in [0.15, 0.2) is 5.69 Å². The third kappa shape index (κ3) is 2.88. The number of hydrogen-bond donors (Lipinski definition) is 0. The SMILES string of the molecule is CCCn1nc(-c2nnc(C3=CCCCC3)o2)c2ccccc2c1=O. The zero-order valence-corrected chi connectivity index (χ0v) is 14.2. The van der Waals surface area contributed by atoms with Crippen molar-refractivity contribution in [3.63, 3.8) is 0 Å². The van der Waals surface area contributed by atoms with Gasteiger partial charge in [-0.05, 0) is 38.2 Å². The molecule has 6 heteroatoms. The van der Waals surface area contributed by atoms with E-state index >= 15 is 0 Å². The van der Waals surface area contributed by atoms with Crippen LogP contribution in [0.5, 0.6) is 0 Å². The fourth-order valence-corrected chi connectivity index (χ4v) is 3.24. The number of hydrogen-bond acceptors (Lipinski definition) is 5. The fourth-order valence-electron chi connectivity index (χ4n) is 3.24. The second-order valence-corrected chi connectivity index (χ2v) is 6.31. The molecule has 0 amide bonds. The van der Waals surface area contributed by atoms with Crippen LogP contribution in [-0.4, -0.2) is 20.0 Å². The topological polar surface area (TPSA) is 73.8 Å². The molecular weight excluding hydrogens is 316 g/mol. The van der Waals surface area contributed by atoms with Gasteiger partial charge in [-0.25, -0.2) is 4.68 Å². The zero-order valence-electron chi connectivity index (χ0n) is 14.2. The highest BCUT2D eigenvalue weighted by Crippen LogP contribution is 2.29. The minimum atomic E-state index is -0.0871. The number of allylic oxidation sites excluding steroid dienone is 2. The monoisotopic (exact) mass is 336 g/mol. The Morgan fingerprint density at radius 2 is 1.92 bits per heavy atom. The molecule has 4 rings (SSSR count).